The van der Waals surface area contributed by atoms with Crippen LogP contribution in [0.25, 0.3) is 11.0 Å². The zero-order valence-electron chi connectivity index (χ0n) is 14.8. The van der Waals surface area contributed by atoms with Crippen molar-refractivity contribution < 1.29 is 17.9 Å². The van der Waals surface area contributed by atoms with Crippen LogP contribution < -0.4 is 4.74 Å². The molecule has 2 aromatic carbocycles. The van der Waals surface area contributed by atoms with Crippen LogP contribution >= 0.6 is 0 Å². The minimum absolute atomic E-state index is 0.170. The predicted octanol–water partition coefficient (Wildman–Crippen LogP) is 4.77. The zero-order valence-corrected chi connectivity index (χ0v) is 14.8. The average Bonchev–Trinajstić information content (AvgIpc) is 3.00. The quantitative estimate of drug-likeness (QED) is 0.632. The normalized spacial score (nSPS) is 12.9. The molecule has 0 bridgehead atoms. The first kappa shape index (κ1) is 18.3. The molecule has 0 aliphatic carbocycles. The summed E-state index contributed by atoms with van der Waals surface area (Å²) in [5, 5.41) is 0. The maximum absolute atomic E-state index is 13.9. The third-order valence-electron chi connectivity index (χ3n) is 4.50. The monoisotopic (exact) mass is 363 g/mol. The van der Waals surface area contributed by atoms with E-state index in [1.165, 1.54) is 13.2 Å². The number of alkyl halides is 2. The summed E-state index contributed by atoms with van der Waals surface area (Å²) in [6, 6.07) is 11.1. The molecule has 0 N–H and O–H groups in total. The zero-order chi connectivity index (χ0) is 18.8. The molecule has 1 heterocycles. The number of para-hydroxylation sites is 2. The van der Waals surface area contributed by atoms with Crippen molar-refractivity contribution in [2.75, 3.05) is 14.2 Å². The summed E-state index contributed by atoms with van der Waals surface area (Å²) < 4.78 is 47.0. The van der Waals surface area contributed by atoms with E-state index in [-0.39, 0.29) is 17.6 Å². The van der Waals surface area contributed by atoms with Gasteiger partial charge in [-0.15, -0.1) is 0 Å². The summed E-state index contributed by atoms with van der Waals surface area (Å²) in [4.78, 5) is 6.24. The van der Waals surface area contributed by atoms with E-state index in [2.05, 4.69) is 4.98 Å². The minimum atomic E-state index is -2.69. The molecule has 0 amide bonds. The van der Waals surface area contributed by atoms with E-state index in [9.17, 15) is 13.2 Å². The van der Waals surface area contributed by atoms with Gasteiger partial charge in [0.05, 0.1) is 24.2 Å². The summed E-state index contributed by atoms with van der Waals surface area (Å²) in [7, 11) is 3.20. The van der Waals surface area contributed by atoms with Gasteiger partial charge in [-0.05, 0) is 43.8 Å². The number of rotatable bonds is 6. The highest BCUT2D eigenvalue weighted by Gasteiger charge is 2.24. The van der Waals surface area contributed by atoms with E-state index in [1.807, 2.05) is 4.90 Å². The lowest BCUT2D eigenvalue weighted by atomic mass is 10.1. The van der Waals surface area contributed by atoms with Gasteiger partial charge in [-0.25, -0.2) is 9.37 Å². The smallest absolute Gasteiger partial charge is 0.320 e. The largest absolute Gasteiger partial charge is 0.494 e. The molecular formula is C19H20F3N3O. The molecule has 0 radical (unpaired) electrons. The highest BCUT2D eigenvalue weighted by Crippen LogP contribution is 2.29. The number of aromatic nitrogens is 2. The number of hydrogen-bond acceptors (Lipinski definition) is 3. The molecule has 0 saturated carbocycles. The Morgan fingerprint density at radius 1 is 1.19 bits per heavy atom. The van der Waals surface area contributed by atoms with Crippen molar-refractivity contribution in [3.05, 3.63) is 59.7 Å². The van der Waals surface area contributed by atoms with E-state index < -0.39 is 12.4 Å². The van der Waals surface area contributed by atoms with Gasteiger partial charge in [-0.1, -0.05) is 18.2 Å². The number of nitrogens with zero attached hydrogens (tertiary/aromatic N) is 3. The van der Waals surface area contributed by atoms with Crippen molar-refractivity contribution in [3.63, 3.8) is 0 Å². The second-order valence-corrected chi connectivity index (χ2v) is 6.17. The Morgan fingerprint density at radius 2 is 1.92 bits per heavy atom. The molecular weight excluding hydrogens is 343 g/mol. The van der Waals surface area contributed by atoms with Crippen LogP contribution in [0.1, 0.15) is 30.9 Å². The summed E-state index contributed by atoms with van der Waals surface area (Å²) in [6.45, 7) is -0.499. The van der Waals surface area contributed by atoms with Crippen molar-refractivity contribution in [3.8, 4) is 5.75 Å². The van der Waals surface area contributed by atoms with Crippen LogP contribution in [-0.2, 0) is 6.54 Å². The lowest BCUT2D eigenvalue weighted by molar-refractivity contribution is 0.0657. The number of ether oxygens (including phenoxy) is 1. The molecule has 0 aliphatic heterocycles. The third-order valence-corrected chi connectivity index (χ3v) is 4.50. The second kappa shape index (κ2) is 7.37. The molecule has 3 aromatic rings. The standard InChI is InChI=1S/C19H20F3N3O/c1-12(24(2)11-13-8-9-17(26-3)14(20)10-13)18-23-15-6-4-5-7-16(15)25(18)19(21)22/h4-10,12,19H,11H2,1-3H3. The molecule has 1 aromatic heterocycles. The van der Waals surface area contributed by atoms with Crippen LogP contribution in [0.2, 0.25) is 0 Å². The fourth-order valence-electron chi connectivity index (χ4n) is 2.99. The number of halogens is 3. The number of imidazole rings is 1. The number of benzene rings is 2. The SMILES string of the molecule is COc1ccc(CN(C)C(C)c2nc3ccccc3n2C(F)F)cc1F. The van der Waals surface area contributed by atoms with Gasteiger partial charge in [0.15, 0.2) is 11.6 Å². The molecule has 138 valence electrons. The first-order chi connectivity index (χ1) is 12.4. The van der Waals surface area contributed by atoms with Crippen molar-refractivity contribution >= 4 is 11.0 Å². The second-order valence-electron chi connectivity index (χ2n) is 6.17. The summed E-state index contributed by atoms with van der Waals surface area (Å²) >= 11 is 0. The van der Waals surface area contributed by atoms with Crippen molar-refractivity contribution in [2.45, 2.75) is 26.1 Å². The number of hydrogen-bond donors (Lipinski definition) is 0. The van der Waals surface area contributed by atoms with Gasteiger partial charge in [0.25, 0.3) is 0 Å². The summed E-state index contributed by atoms with van der Waals surface area (Å²) in [5.41, 5.74) is 1.64. The van der Waals surface area contributed by atoms with E-state index in [1.54, 1.807) is 50.4 Å². The Bertz CT molecular complexity index is 910. The van der Waals surface area contributed by atoms with Gasteiger partial charge in [-0.3, -0.25) is 9.47 Å². The summed E-state index contributed by atoms with van der Waals surface area (Å²) in [5.74, 6) is -0.00694. The average molecular weight is 363 g/mol. The molecule has 1 atom stereocenters. The maximum atomic E-state index is 13.9. The highest BCUT2D eigenvalue weighted by atomic mass is 19.3. The molecule has 0 spiro atoms. The van der Waals surface area contributed by atoms with Gasteiger partial charge in [0.2, 0.25) is 0 Å². The molecule has 26 heavy (non-hydrogen) atoms. The topological polar surface area (TPSA) is 30.3 Å². The minimum Gasteiger partial charge on any atom is -0.494 e. The lowest BCUT2D eigenvalue weighted by Gasteiger charge is -2.25. The Hall–Kier alpha value is -2.54. The molecule has 0 saturated heterocycles. The number of methoxy groups -OCH3 is 1. The Labute approximate surface area is 149 Å². The molecule has 0 aliphatic rings. The van der Waals surface area contributed by atoms with Gasteiger partial charge < -0.3 is 4.74 Å². The van der Waals surface area contributed by atoms with Crippen LogP contribution in [0, 0.1) is 5.82 Å². The van der Waals surface area contributed by atoms with Crippen LogP contribution in [-0.4, -0.2) is 28.6 Å². The first-order valence-corrected chi connectivity index (χ1v) is 8.20. The Morgan fingerprint density at radius 3 is 2.58 bits per heavy atom. The molecule has 1 unspecified atom stereocenters. The van der Waals surface area contributed by atoms with E-state index in [0.29, 0.717) is 17.6 Å². The van der Waals surface area contributed by atoms with Crippen molar-refractivity contribution in [2.24, 2.45) is 0 Å². The van der Waals surface area contributed by atoms with Gasteiger partial charge in [0, 0.05) is 6.54 Å². The highest BCUT2D eigenvalue weighted by molar-refractivity contribution is 5.76. The van der Waals surface area contributed by atoms with Gasteiger partial charge in [0.1, 0.15) is 5.82 Å². The molecule has 0 fully saturated rings. The van der Waals surface area contributed by atoms with Crippen LogP contribution in [0.3, 0.4) is 0 Å². The van der Waals surface area contributed by atoms with Crippen LogP contribution in [0.4, 0.5) is 13.2 Å². The third kappa shape index (κ3) is 3.39. The maximum Gasteiger partial charge on any atom is 0.320 e. The lowest BCUT2D eigenvalue weighted by Crippen LogP contribution is -2.25. The fourth-order valence-corrected chi connectivity index (χ4v) is 2.99. The number of fused-ring (bicyclic) bond motifs is 1. The molecule has 7 heteroatoms. The van der Waals surface area contributed by atoms with Crippen LogP contribution in [0.15, 0.2) is 42.5 Å². The Kier molecular flexibility index (Phi) is 5.18. The Balaban J connectivity index is 1.89. The molecule has 3 rings (SSSR count). The fraction of sp³-hybridized carbons (Fsp3) is 0.316. The van der Waals surface area contributed by atoms with E-state index in [0.717, 1.165) is 10.1 Å². The van der Waals surface area contributed by atoms with Crippen molar-refractivity contribution in [1.82, 2.24) is 14.5 Å². The van der Waals surface area contributed by atoms with Gasteiger partial charge >= 0.3 is 6.55 Å². The summed E-state index contributed by atoms with van der Waals surface area (Å²) in [6.07, 6.45) is 0. The first-order valence-electron chi connectivity index (χ1n) is 8.20. The molecule has 4 nitrogen and oxygen atoms in total. The predicted molar refractivity (Wildman–Crippen MR) is 93.8 cm³/mol. The van der Waals surface area contributed by atoms with E-state index in [4.69, 9.17) is 4.74 Å². The van der Waals surface area contributed by atoms with Gasteiger partial charge in [-0.2, -0.15) is 8.78 Å². The van der Waals surface area contributed by atoms with Crippen molar-refractivity contribution in [1.29, 1.82) is 0 Å². The van der Waals surface area contributed by atoms with Crippen LogP contribution in [0.5, 0.6) is 5.75 Å². The van der Waals surface area contributed by atoms with E-state index >= 15 is 0 Å².